The van der Waals surface area contributed by atoms with E-state index >= 15 is 0 Å². The molecule has 2 aliphatic rings. The number of piperazine rings is 1. The molecule has 8 heteroatoms. The molecule has 1 saturated heterocycles. The zero-order valence-electron chi connectivity index (χ0n) is 18.0. The van der Waals surface area contributed by atoms with E-state index < -0.39 is 17.7 Å². The third-order valence-corrected chi connectivity index (χ3v) is 5.94. The van der Waals surface area contributed by atoms with Gasteiger partial charge in [0.2, 0.25) is 5.91 Å². The smallest absolute Gasteiger partial charge is 0.262 e. The molecule has 0 atom stereocenters. The molecule has 2 aliphatic heterocycles. The maximum Gasteiger partial charge on any atom is 0.262 e. The van der Waals surface area contributed by atoms with E-state index in [0.29, 0.717) is 16.8 Å². The van der Waals surface area contributed by atoms with Crippen LogP contribution in [0.3, 0.4) is 0 Å². The van der Waals surface area contributed by atoms with Crippen LogP contribution in [-0.4, -0.2) is 60.3 Å². The zero-order valence-corrected chi connectivity index (χ0v) is 18.0. The SMILES string of the molecule is O=C(CN1C(=O)c2ccccc2C1=O)Nc1ccc(N2CCN(c3ccccc3)CC2)nc1. The Balaban J connectivity index is 1.16. The summed E-state index contributed by atoms with van der Waals surface area (Å²) in [5.74, 6) is -0.501. The molecule has 1 fully saturated rings. The van der Waals surface area contributed by atoms with Gasteiger partial charge in [0.25, 0.3) is 11.8 Å². The van der Waals surface area contributed by atoms with Gasteiger partial charge in [0.05, 0.1) is 23.0 Å². The Morgan fingerprint density at radius 2 is 1.39 bits per heavy atom. The van der Waals surface area contributed by atoms with Gasteiger partial charge < -0.3 is 15.1 Å². The van der Waals surface area contributed by atoms with Crippen molar-refractivity contribution >= 4 is 34.9 Å². The fourth-order valence-corrected chi connectivity index (χ4v) is 4.21. The predicted molar refractivity (Wildman–Crippen MR) is 126 cm³/mol. The number of imide groups is 1. The number of hydrogen-bond acceptors (Lipinski definition) is 6. The average Bonchev–Trinajstić information content (AvgIpc) is 3.10. The molecule has 1 N–H and O–H groups in total. The van der Waals surface area contributed by atoms with Gasteiger partial charge >= 0.3 is 0 Å². The largest absolute Gasteiger partial charge is 0.368 e. The van der Waals surface area contributed by atoms with Crippen molar-refractivity contribution in [1.82, 2.24) is 9.88 Å². The van der Waals surface area contributed by atoms with Crippen molar-refractivity contribution in [3.8, 4) is 0 Å². The molecule has 166 valence electrons. The summed E-state index contributed by atoms with van der Waals surface area (Å²) in [5, 5.41) is 2.72. The maximum atomic E-state index is 12.5. The number of aromatic nitrogens is 1. The second-order valence-electron chi connectivity index (χ2n) is 8.00. The van der Waals surface area contributed by atoms with E-state index in [1.54, 1.807) is 36.5 Å². The Morgan fingerprint density at radius 1 is 0.788 bits per heavy atom. The number of para-hydroxylation sites is 1. The van der Waals surface area contributed by atoms with Crippen molar-refractivity contribution in [2.24, 2.45) is 0 Å². The predicted octanol–water partition coefficient (Wildman–Crippen LogP) is 2.64. The molecule has 1 aromatic heterocycles. The lowest BCUT2D eigenvalue weighted by atomic mass is 10.1. The van der Waals surface area contributed by atoms with E-state index in [0.717, 1.165) is 36.9 Å². The van der Waals surface area contributed by atoms with Gasteiger partial charge in [0.1, 0.15) is 12.4 Å². The minimum atomic E-state index is -0.450. The normalized spacial score (nSPS) is 15.6. The van der Waals surface area contributed by atoms with E-state index in [2.05, 4.69) is 32.2 Å². The lowest BCUT2D eigenvalue weighted by molar-refractivity contribution is -0.116. The molecule has 2 aromatic carbocycles. The molecule has 33 heavy (non-hydrogen) atoms. The Bertz CT molecular complexity index is 1150. The Labute approximate surface area is 191 Å². The lowest BCUT2D eigenvalue weighted by Gasteiger charge is -2.36. The lowest BCUT2D eigenvalue weighted by Crippen LogP contribution is -2.46. The van der Waals surface area contributed by atoms with Gasteiger partial charge in [-0.1, -0.05) is 30.3 Å². The van der Waals surface area contributed by atoms with Crippen LogP contribution >= 0.6 is 0 Å². The number of carbonyl (C=O) groups is 3. The van der Waals surface area contributed by atoms with Gasteiger partial charge in [-0.25, -0.2) is 4.98 Å². The standard InChI is InChI=1S/C25H23N5O3/c31-23(17-30-24(32)20-8-4-5-9-21(20)25(30)33)27-18-10-11-22(26-16-18)29-14-12-28(13-15-29)19-6-2-1-3-7-19/h1-11,16H,12-15,17H2,(H,27,31). The molecule has 0 unspecified atom stereocenters. The van der Waals surface area contributed by atoms with Crippen LogP contribution in [0.1, 0.15) is 20.7 Å². The number of pyridine rings is 1. The number of benzene rings is 2. The molecule has 0 spiro atoms. The third kappa shape index (κ3) is 4.15. The van der Waals surface area contributed by atoms with Crippen LogP contribution in [0.25, 0.3) is 0 Å². The molecule has 0 saturated carbocycles. The Hall–Kier alpha value is -4.20. The van der Waals surface area contributed by atoms with E-state index in [1.165, 1.54) is 5.69 Å². The highest BCUT2D eigenvalue weighted by Gasteiger charge is 2.36. The molecule has 5 rings (SSSR count). The van der Waals surface area contributed by atoms with Crippen LogP contribution in [0, 0.1) is 0 Å². The number of rotatable bonds is 5. The molecule has 0 aliphatic carbocycles. The van der Waals surface area contributed by atoms with Crippen molar-refractivity contribution in [1.29, 1.82) is 0 Å². The van der Waals surface area contributed by atoms with Crippen molar-refractivity contribution < 1.29 is 14.4 Å². The van der Waals surface area contributed by atoms with Gasteiger partial charge in [-0.3, -0.25) is 19.3 Å². The van der Waals surface area contributed by atoms with Crippen molar-refractivity contribution in [2.75, 3.05) is 47.8 Å². The summed E-state index contributed by atoms with van der Waals surface area (Å²) in [5.41, 5.74) is 2.40. The maximum absolute atomic E-state index is 12.5. The minimum Gasteiger partial charge on any atom is -0.368 e. The molecular weight excluding hydrogens is 418 g/mol. The average molecular weight is 441 g/mol. The van der Waals surface area contributed by atoms with E-state index in [9.17, 15) is 14.4 Å². The number of carbonyl (C=O) groups excluding carboxylic acids is 3. The molecule has 3 heterocycles. The van der Waals surface area contributed by atoms with Crippen LogP contribution in [0.15, 0.2) is 72.9 Å². The fourth-order valence-electron chi connectivity index (χ4n) is 4.21. The monoisotopic (exact) mass is 441 g/mol. The van der Waals surface area contributed by atoms with Gasteiger partial charge in [-0.05, 0) is 36.4 Å². The Morgan fingerprint density at radius 3 is 2.00 bits per heavy atom. The van der Waals surface area contributed by atoms with Crippen molar-refractivity contribution in [3.63, 3.8) is 0 Å². The number of anilines is 3. The molecule has 3 amide bonds. The Kier molecular flexibility index (Phi) is 5.48. The number of amides is 3. The van der Waals surface area contributed by atoms with E-state index in [-0.39, 0.29) is 6.54 Å². The molecule has 0 radical (unpaired) electrons. The van der Waals surface area contributed by atoms with Crippen LogP contribution in [0.5, 0.6) is 0 Å². The first-order valence-electron chi connectivity index (χ1n) is 10.9. The summed E-state index contributed by atoms with van der Waals surface area (Å²) < 4.78 is 0. The fraction of sp³-hybridized carbons (Fsp3) is 0.200. The second kappa shape index (κ2) is 8.74. The molecule has 3 aromatic rings. The number of fused-ring (bicyclic) bond motifs is 1. The first-order valence-corrected chi connectivity index (χ1v) is 10.9. The van der Waals surface area contributed by atoms with Crippen LogP contribution in [0.4, 0.5) is 17.2 Å². The summed E-state index contributed by atoms with van der Waals surface area (Å²) in [7, 11) is 0. The first kappa shape index (κ1) is 20.7. The van der Waals surface area contributed by atoms with Crippen LogP contribution in [0.2, 0.25) is 0 Å². The van der Waals surface area contributed by atoms with Crippen LogP contribution < -0.4 is 15.1 Å². The quantitative estimate of drug-likeness (QED) is 0.613. The molecule has 0 bridgehead atoms. The van der Waals surface area contributed by atoms with Crippen molar-refractivity contribution in [2.45, 2.75) is 0 Å². The highest BCUT2D eigenvalue weighted by molar-refractivity contribution is 6.22. The number of hydrogen-bond donors (Lipinski definition) is 1. The second-order valence-corrected chi connectivity index (χ2v) is 8.00. The highest BCUT2D eigenvalue weighted by Crippen LogP contribution is 2.23. The van der Waals surface area contributed by atoms with Gasteiger partial charge in [-0.2, -0.15) is 0 Å². The van der Waals surface area contributed by atoms with Gasteiger partial charge in [-0.15, -0.1) is 0 Å². The summed E-state index contributed by atoms with van der Waals surface area (Å²) >= 11 is 0. The zero-order chi connectivity index (χ0) is 22.8. The summed E-state index contributed by atoms with van der Waals surface area (Å²) in [6.07, 6.45) is 1.60. The summed E-state index contributed by atoms with van der Waals surface area (Å²) in [6.45, 7) is 3.19. The van der Waals surface area contributed by atoms with Gasteiger partial charge in [0.15, 0.2) is 0 Å². The molecular formula is C25H23N5O3. The number of nitrogens with zero attached hydrogens (tertiary/aromatic N) is 4. The summed E-state index contributed by atoms with van der Waals surface area (Å²) in [6, 6.07) is 20.6. The van der Waals surface area contributed by atoms with Gasteiger partial charge in [0, 0.05) is 31.9 Å². The minimum absolute atomic E-state index is 0.327. The topological polar surface area (TPSA) is 85.8 Å². The summed E-state index contributed by atoms with van der Waals surface area (Å²) in [4.78, 5) is 47.4. The van der Waals surface area contributed by atoms with Crippen molar-refractivity contribution in [3.05, 3.63) is 84.1 Å². The van der Waals surface area contributed by atoms with E-state index in [4.69, 9.17) is 0 Å². The third-order valence-electron chi connectivity index (χ3n) is 5.94. The first-order chi connectivity index (χ1) is 16.1. The van der Waals surface area contributed by atoms with E-state index in [1.807, 2.05) is 24.3 Å². The number of nitrogens with one attached hydrogen (secondary N) is 1. The highest BCUT2D eigenvalue weighted by atomic mass is 16.2. The molecule has 8 nitrogen and oxygen atoms in total. The van der Waals surface area contributed by atoms with Crippen LogP contribution in [-0.2, 0) is 4.79 Å².